The Balaban J connectivity index is 2.04. The van der Waals surface area contributed by atoms with Gasteiger partial charge in [-0.3, -0.25) is 4.79 Å². The number of phenolic OH excluding ortho intramolecular Hbond substituents is 1. The minimum atomic E-state index is -0.343. The van der Waals surface area contributed by atoms with Gasteiger partial charge in [0, 0.05) is 16.1 Å². The SMILES string of the molecule is Cc1cccc(/C=N\NC(=O)c2ccc(Cl)cc2)c1O. The number of hydrazone groups is 1. The predicted molar refractivity (Wildman–Crippen MR) is 79.4 cm³/mol. The number of amides is 1. The number of carbonyl (C=O) groups excluding carboxylic acids is 1. The summed E-state index contributed by atoms with van der Waals surface area (Å²) in [7, 11) is 0. The fourth-order valence-electron chi connectivity index (χ4n) is 1.61. The number of carbonyl (C=O) groups is 1. The molecule has 0 atom stereocenters. The Kier molecular flexibility index (Phi) is 4.38. The van der Waals surface area contributed by atoms with E-state index in [1.807, 2.05) is 0 Å². The lowest BCUT2D eigenvalue weighted by Gasteiger charge is -2.02. The molecule has 0 aliphatic heterocycles. The lowest BCUT2D eigenvalue weighted by atomic mass is 10.1. The second-order valence-corrected chi connectivity index (χ2v) is 4.66. The second kappa shape index (κ2) is 6.21. The summed E-state index contributed by atoms with van der Waals surface area (Å²) in [5, 5.41) is 14.2. The van der Waals surface area contributed by atoms with Gasteiger partial charge in [-0.2, -0.15) is 5.10 Å². The van der Waals surface area contributed by atoms with Crippen molar-refractivity contribution in [3.8, 4) is 5.75 Å². The summed E-state index contributed by atoms with van der Waals surface area (Å²) in [4.78, 5) is 11.8. The zero-order chi connectivity index (χ0) is 14.5. The molecule has 2 N–H and O–H groups in total. The van der Waals surface area contributed by atoms with Crippen LogP contribution in [-0.4, -0.2) is 17.2 Å². The molecule has 0 heterocycles. The maximum atomic E-state index is 11.8. The van der Waals surface area contributed by atoms with Crippen LogP contribution in [0.25, 0.3) is 0 Å². The number of phenols is 1. The largest absolute Gasteiger partial charge is 0.507 e. The number of nitrogens with one attached hydrogen (secondary N) is 1. The van der Waals surface area contributed by atoms with Crippen LogP contribution in [0.4, 0.5) is 0 Å². The minimum Gasteiger partial charge on any atom is -0.507 e. The minimum absolute atomic E-state index is 0.150. The molecule has 0 saturated heterocycles. The van der Waals surface area contributed by atoms with E-state index in [-0.39, 0.29) is 11.7 Å². The zero-order valence-corrected chi connectivity index (χ0v) is 11.6. The highest BCUT2D eigenvalue weighted by atomic mass is 35.5. The van der Waals surface area contributed by atoms with E-state index in [0.717, 1.165) is 5.56 Å². The number of hydrogen-bond acceptors (Lipinski definition) is 3. The highest BCUT2D eigenvalue weighted by Crippen LogP contribution is 2.19. The van der Waals surface area contributed by atoms with Crippen LogP contribution in [-0.2, 0) is 0 Å². The third-order valence-electron chi connectivity index (χ3n) is 2.75. The second-order valence-electron chi connectivity index (χ2n) is 4.22. The maximum Gasteiger partial charge on any atom is 0.271 e. The number of halogens is 1. The van der Waals surface area contributed by atoms with Crippen LogP contribution in [0.15, 0.2) is 47.6 Å². The van der Waals surface area contributed by atoms with Gasteiger partial charge in [0.2, 0.25) is 0 Å². The molecule has 102 valence electrons. The van der Waals surface area contributed by atoms with Gasteiger partial charge in [0.25, 0.3) is 5.91 Å². The first-order valence-electron chi connectivity index (χ1n) is 5.95. The monoisotopic (exact) mass is 288 g/mol. The summed E-state index contributed by atoms with van der Waals surface area (Å²) in [5.74, 6) is -0.193. The van der Waals surface area contributed by atoms with Crippen molar-refractivity contribution in [1.82, 2.24) is 5.43 Å². The van der Waals surface area contributed by atoms with E-state index in [1.165, 1.54) is 6.21 Å². The lowest BCUT2D eigenvalue weighted by molar-refractivity contribution is 0.0955. The molecule has 0 radical (unpaired) electrons. The van der Waals surface area contributed by atoms with Gasteiger partial charge in [0.1, 0.15) is 5.75 Å². The maximum absolute atomic E-state index is 11.8. The van der Waals surface area contributed by atoms with Crippen LogP contribution in [0.3, 0.4) is 0 Å². The Bertz CT molecular complexity index is 651. The quantitative estimate of drug-likeness (QED) is 0.673. The van der Waals surface area contributed by atoms with Gasteiger partial charge >= 0.3 is 0 Å². The molecule has 0 aromatic heterocycles. The molecule has 20 heavy (non-hydrogen) atoms. The average molecular weight is 289 g/mol. The summed E-state index contributed by atoms with van der Waals surface area (Å²) in [5.41, 5.74) is 4.14. The molecule has 0 spiro atoms. The molecule has 2 rings (SSSR count). The molecular weight excluding hydrogens is 276 g/mol. The summed E-state index contributed by atoms with van der Waals surface area (Å²) < 4.78 is 0. The van der Waals surface area contributed by atoms with Crippen molar-refractivity contribution in [2.24, 2.45) is 5.10 Å². The number of aromatic hydroxyl groups is 1. The summed E-state index contributed by atoms with van der Waals surface area (Å²) in [6.07, 6.45) is 1.40. The zero-order valence-electron chi connectivity index (χ0n) is 10.8. The standard InChI is InChI=1S/C15H13ClN2O2/c1-10-3-2-4-12(14(10)19)9-17-18-15(20)11-5-7-13(16)8-6-11/h2-9,19H,1H3,(H,18,20)/b17-9-. The molecule has 0 saturated carbocycles. The molecule has 0 fully saturated rings. The molecule has 4 nitrogen and oxygen atoms in total. The highest BCUT2D eigenvalue weighted by molar-refractivity contribution is 6.30. The van der Waals surface area contributed by atoms with Crippen LogP contribution in [0, 0.1) is 6.92 Å². The normalized spacial score (nSPS) is 10.7. The van der Waals surface area contributed by atoms with Gasteiger partial charge in [-0.1, -0.05) is 23.7 Å². The van der Waals surface area contributed by atoms with Crippen molar-refractivity contribution >= 4 is 23.7 Å². The number of para-hydroxylation sites is 1. The Hall–Kier alpha value is -2.33. The van der Waals surface area contributed by atoms with Crippen LogP contribution in [0.2, 0.25) is 5.02 Å². The van der Waals surface area contributed by atoms with Crippen molar-refractivity contribution in [1.29, 1.82) is 0 Å². The Morgan fingerprint density at radius 1 is 1.25 bits per heavy atom. The van der Waals surface area contributed by atoms with Gasteiger partial charge < -0.3 is 5.11 Å². The Morgan fingerprint density at radius 3 is 2.65 bits per heavy atom. The first-order chi connectivity index (χ1) is 9.58. The molecule has 0 unspecified atom stereocenters. The van der Waals surface area contributed by atoms with E-state index in [9.17, 15) is 9.90 Å². The fraction of sp³-hybridized carbons (Fsp3) is 0.0667. The first kappa shape index (κ1) is 14.1. The molecule has 2 aromatic rings. The smallest absolute Gasteiger partial charge is 0.271 e. The molecule has 0 aliphatic carbocycles. The molecular formula is C15H13ClN2O2. The number of aryl methyl sites for hydroxylation is 1. The highest BCUT2D eigenvalue weighted by Gasteiger charge is 2.04. The third kappa shape index (κ3) is 3.36. The molecule has 5 heteroatoms. The molecule has 1 amide bonds. The van der Waals surface area contributed by atoms with E-state index >= 15 is 0 Å². The average Bonchev–Trinajstić information content (AvgIpc) is 2.44. The van der Waals surface area contributed by atoms with Gasteiger partial charge in [0.15, 0.2) is 0 Å². The predicted octanol–water partition coefficient (Wildman–Crippen LogP) is 3.12. The van der Waals surface area contributed by atoms with E-state index in [1.54, 1.807) is 49.4 Å². The summed E-state index contributed by atoms with van der Waals surface area (Å²) in [6.45, 7) is 1.79. The van der Waals surface area contributed by atoms with E-state index in [2.05, 4.69) is 10.5 Å². The van der Waals surface area contributed by atoms with Gasteiger partial charge in [-0.15, -0.1) is 0 Å². The van der Waals surface area contributed by atoms with Gasteiger partial charge in [-0.05, 0) is 42.8 Å². The van der Waals surface area contributed by atoms with E-state index in [0.29, 0.717) is 16.1 Å². The fourth-order valence-corrected chi connectivity index (χ4v) is 1.74. The molecule has 0 bridgehead atoms. The van der Waals surface area contributed by atoms with E-state index < -0.39 is 0 Å². The van der Waals surface area contributed by atoms with Crippen molar-refractivity contribution in [3.05, 3.63) is 64.2 Å². The van der Waals surface area contributed by atoms with Crippen molar-refractivity contribution < 1.29 is 9.90 Å². The van der Waals surface area contributed by atoms with Crippen molar-refractivity contribution in [3.63, 3.8) is 0 Å². The number of rotatable bonds is 3. The number of benzene rings is 2. The number of nitrogens with zero attached hydrogens (tertiary/aromatic N) is 1. The summed E-state index contributed by atoms with van der Waals surface area (Å²) in [6, 6.07) is 11.8. The molecule has 0 aliphatic rings. The van der Waals surface area contributed by atoms with Crippen LogP contribution in [0.5, 0.6) is 5.75 Å². The van der Waals surface area contributed by atoms with Crippen LogP contribution >= 0.6 is 11.6 Å². The van der Waals surface area contributed by atoms with Crippen LogP contribution < -0.4 is 5.43 Å². The van der Waals surface area contributed by atoms with Gasteiger partial charge in [0.05, 0.1) is 6.21 Å². The number of hydrogen-bond donors (Lipinski definition) is 2. The summed E-state index contributed by atoms with van der Waals surface area (Å²) >= 11 is 5.74. The Morgan fingerprint density at radius 2 is 1.95 bits per heavy atom. The van der Waals surface area contributed by atoms with E-state index in [4.69, 9.17) is 11.6 Å². The van der Waals surface area contributed by atoms with Gasteiger partial charge in [-0.25, -0.2) is 5.43 Å². The van der Waals surface area contributed by atoms with Crippen molar-refractivity contribution in [2.45, 2.75) is 6.92 Å². The first-order valence-corrected chi connectivity index (χ1v) is 6.33. The van der Waals surface area contributed by atoms with Crippen LogP contribution in [0.1, 0.15) is 21.5 Å². The lowest BCUT2D eigenvalue weighted by Crippen LogP contribution is -2.17. The Labute approximate surface area is 121 Å². The third-order valence-corrected chi connectivity index (χ3v) is 3.00. The molecule has 2 aromatic carbocycles. The van der Waals surface area contributed by atoms with Crippen molar-refractivity contribution in [2.75, 3.05) is 0 Å². The topological polar surface area (TPSA) is 61.7 Å².